The smallest absolute Gasteiger partial charge is 0.229 e. The Morgan fingerprint density at radius 1 is 0.929 bits per heavy atom. The van der Waals surface area contributed by atoms with Crippen molar-refractivity contribution in [2.45, 2.75) is 13.8 Å². The van der Waals surface area contributed by atoms with Gasteiger partial charge in [0.15, 0.2) is 0 Å². The number of hydrogen-bond acceptors (Lipinski definition) is 5. The molecule has 2 heterocycles. The van der Waals surface area contributed by atoms with Gasteiger partial charge < -0.3 is 15.1 Å². The highest BCUT2D eigenvalue weighted by Crippen LogP contribution is 2.24. The SMILES string of the molecule is Cc1ccc(Nc2nccc(N3CCN(c4cccc(Cl)c4)CC3)n2)c(C)c1. The van der Waals surface area contributed by atoms with E-state index in [9.17, 15) is 0 Å². The van der Waals surface area contributed by atoms with Crippen LogP contribution in [-0.2, 0) is 0 Å². The van der Waals surface area contributed by atoms with Crippen LogP contribution in [0.4, 0.5) is 23.1 Å². The van der Waals surface area contributed by atoms with E-state index >= 15 is 0 Å². The molecule has 1 aliphatic heterocycles. The lowest BCUT2D eigenvalue weighted by atomic mass is 10.1. The first kappa shape index (κ1) is 18.6. The molecule has 1 saturated heterocycles. The van der Waals surface area contributed by atoms with E-state index in [1.54, 1.807) is 0 Å². The van der Waals surface area contributed by atoms with E-state index in [1.165, 1.54) is 16.8 Å². The molecular formula is C22H24ClN5. The molecule has 6 heteroatoms. The second-order valence-electron chi connectivity index (χ2n) is 7.14. The summed E-state index contributed by atoms with van der Waals surface area (Å²) in [5.74, 6) is 1.58. The monoisotopic (exact) mass is 393 g/mol. The normalized spacial score (nSPS) is 14.2. The van der Waals surface area contributed by atoms with Crippen molar-refractivity contribution >= 4 is 34.7 Å². The molecule has 0 unspecified atom stereocenters. The van der Waals surface area contributed by atoms with Crippen LogP contribution in [0.5, 0.6) is 0 Å². The van der Waals surface area contributed by atoms with Gasteiger partial charge in [0, 0.05) is 48.8 Å². The Bertz CT molecular complexity index is 967. The van der Waals surface area contributed by atoms with Crippen molar-refractivity contribution in [3.8, 4) is 0 Å². The molecular weight excluding hydrogens is 370 g/mol. The third-order valence-corrected chi connectivity index (χ3v) is 5.28. The minimum absolute atomic E-state index is 0.627. The summed E-state index contributed by atoms with van der Waals surface area (Å²) >= 11 is 6.13. The van der Waals surface area contributed by atoms with Gasteiger partial charge in [-0.3, -0.25) is 0 Å². The summed E-state index contributed by atoms with van der Waals surface area (Å²) in [4.78, 5) is 13.8. The Kier molecular flexibility index (Phi) is 5.35. The van der Waals surface area contributed by atoms with E-state index in [2.05, 4.69) is 58.2 Å². The Hall–Kier alpha value is -2.79. The Morgan fingerprint density at radius 3 is 2.46 bits per heavy atom. The molecule has 0 spiro atoms. The van der Waals surface area contributed by atoms with Gasteiger partial charge in [0.2, 0.25) is 5.95 Å². The van der Waals surface area contributed by atoms with E-state index in [0.717, 1.165) is 42.7 Å². The maximum absolute atomic E-state index is 6.13. The topological polar surface area (TPSA) is 44.3 Å². The maximum Gasteiger partial charge on any atom is 0.229 e. The lowest BCUT2D eigenvalue weighted by molar-refractivity contribution is 0.647. The summed E-state index contributed by atoms with van der Waals surface area (Å²) in [6.45, 7) is 7.87. The Labute approximate surface area is 171 Å². The zero-order chi connectivity index (χ0) is 19.5. The lowest BCUT2D eigenvalue weighted by Gasteiger charge is -2.36. The van der Waals surface area contributed by atoms with Crippen LogP contribution in [0.25, 0.3) is 0 Å². The molecule has 5 nitrogen and oxygen atoms in total. The molecule has 4 rings (SSSR count). The summed E-state index contributed by atoms with van der Waals surface area (Å²) < 4.78 is 0. The molecule has 1 aliphatic rings. The van der Waals surface area contributed by atoms with Gasteiger partial charge in [-0.1, -0.05) is 35.4 Å². The standard InChI is InChI=1S/C22H24ClN5/c1-16-6-7-20(17(2)14-16)25-22-24-9-8-21(26-22)28-12-10-27(11-13-28)19-5-3-4-18(23)15-19/h3-9,14-15H,10-13H2,1-2H3,(H,24,25,26). The molecule has 0 saturated carbocycles. The van der Waals surface area contributed by atoms with Crippen LogP contribution >= 0.6 is 11.6 Å². The molecule has 1 fully saturated rings. The predicted octanol–water partition coefficient (Wildman–Crippen LogP) is 4.82. The molecule has 0 aliphatic carbocycles. The van der Waals surface area contributed by atoms with Crippen LogP contribution in [0.15, 0.2) is 54.7 Å². The van der Waals surface area contributed by atoms with Gasteiger partial charge in [-0.15, -0.1) is 0 Å². The number of nitrogens with zero attached hydrogens (tertiary/aromatic N) is 4. The average molecular weight is 394 g/mol. The van der Waals surface area contributed by atoms with Crippen molar-refractivity contribution in [2.24, 2.45) is 0 Å². The number of nitrogens with one attached hydrogen (secondary N) is 1. The number of halogens is 1. The van der Waals surface area contributed by atoms with Gasteiger partial charge in [0.25, 0.3) is 0 Å². The van der Waals surface area contributed by atoms with Gasteiger partial charge in [-0.05, 0) is 49.7 Å². The number of benzene rings is 2. The Balaban J connectivity index is 1.44. The van der Waals surface area contributed by atoms with Crippen LogP contribution < -0.4 is 15.1 Å². The second-order valence-corrected chi connectivity index (χ2v) is 7.57. The van der Waals surface area contributed by atoms with Crippen molar-refractivity contribution in [3.63, 3.8) is 0 Å². The molecule has 0 atom stereocenters. The summed E-state index contributed by atoms with van der Waals surface area (Å²) in [7, 11) is 0. The van der Waals surface area contributed by atoms with Gasteiger partial charge >= 0.3 is 0 Å². The third kappa shape index (κ3) is 4.20. The predicted molar refractivity (Wildman–Crippen MR) is 117 cm³/mol. The van der Waals surface area contributed by atoms with E-state index in [0.29, 0.717) is 5.95 Å². The first-order chi connectivity index (χ1) is 13.6. The summed E-state index contributed by atoms with van der Waals surface area (Å²) in [5, 5.41) is 4.12. The highest BCUT2D eigenvalue weighted by molar-refractivity contribution is 6.30. The first-order valence-electron chi connectivity index (χ1n) is 9.51. The van der Waals surface area contributed by atoms with Crippen LogP contribution in [0.3, 0.4) is 0 Å². The van der Waals surface area contributed by atoms with Crippen LogP contribution in [0.1, 0.15) is 11.1 Å². The molecule has 144 valence electrons. The van der Waals surface area contributed by atoms with Crippen molar-refractivity contribution in [1.29, 1.82) is 0 Å². The minimum atomic E-state index is 0.627. The van der Waals surface area contributed by atoms with Gasteiger partial charge in [-0.25, -0.2) is 4.98 Å². The summed E-state index contributed by atoms with van der Waals surface area (Å²) in [6.07, 6.45) is 1.82. The van der Waals surface area contributed by atoms with Crippen molar-refractivity contribution in [2.75, 3.05) is 41.3 Å². The van der Waals surface area contributed by atoms with Crippen LogP contribution in [0, 0.1) is 13.8 Å². The average Bonchev–Trinajstić information content (AvgIpc) is 2.71. The number of rotatable bonds is 4. The third-order valence-electron chi connectivity index (χ3n) is 5.05. The fraction of sp³-hybridized carbons (Fsp3) is 0.273. The zero-order valence-electron chi connectivity index (χ0n) is 16.2. The van der Waals surface area contributed by atoms with E-state index in [1.807, 2.05) is 30.5 Å². The van der Waals surface area contributed by atoms with Crippen LogP contribution in [0.2, 0.25) is 5.02 Å². The fourth-order valence-electron chi connectivity index (χ4n) is 3.53. The molecule has 28 heavy (non-hydrogen) atoms. The lowest BCUT2D eigenvalue weighted by Crippen LogP contribution is -2.46. The number of piperazine rings is 1. The van der Waals surface area contributed by atoms with E-state index < -0.39 is 0 Å². The van der Waals surface area contributed by atoms with Gasteiger partial charge in [0.1, 0.15) is 5.82 Å². The molecule has 3 aromatic rings. The van der Waals surface area contributed by atoms with Crippen molar-refractivity contribution in [1.82, 2.24) is 9.97 Å². The molecule has 2 aromatic carbocycles. The van der Waals surface area contributed by atoms with Crippen molar-refractivity contribution < 1.29 is 0 Å². The summed E-state index contributed by atoms with van der Waals surface area (Å²) in [6, 6.07) is 16.3. The summed E-state index contributed by atoms with van der Waals surface area (Å²) in [5.41, 5.74) is 4.64. The number of anilines is 4. The maximum atomic E-state index is 6.13. The largest absolute Gasteiger partial charge is 0.368 e. The Morgan fingerprint density at radius 2 is 1.71 bits per heavy atom. The second kappa shape index (κ2) is 8.07. The van der Waals surface area contributed by atoms with E-state index in [4.69, 9.17) is 16.6 Å². The van der Waals surface area contributed by atoms with Gasteiger partial charge in [0.05, 0.1) is 0 Å². The van der Waals surface area contributed by atoms with Crippen molar-refractivity contribution in [3.05, 3.63) is 70.9 Å². The number of aromatic nitrogens is 2. The molecule has 0 amide bonds. The number of aryl methyl sites for hydroxylation is 2. The minimum Gasteiger partial charge on any atom is -0.368 e. The highest BCUT2D eigenvalue weighted by atomic mass is 35.5. The molecule has 0 radical (unpaired) electrons. The highest BCUT2D eigenvalue weighted by Gasteiger charge is 2.19. The zero-order valence-corrected chi connectivity index (χ0v) is 16.9. The molecule has 1 N–H and O–H groups in total. The fourth-order valence-corrected chi connectivity index (χ4v) is 3.71. The first-order valence-corrected chi connectivity index (χ1v) is 9.89. The van der Waals surface area contributed by atoms with Crippen LogP contribution in [-0.4, -0.2) is 36.1 Å². The molecule has 0 bridgehead atoms. The van der Waals surface area contributed by atoms with E-state index in [-0.39, 0.29) is 0 Å². The van der Waals surface area contributed by atoms with Gasteiger partial charge in [-0.2, -0.15) is 4.98 Å². The number of hydrogen-bond donors (Lipinski definition) is 1. The molecule has 1 aromatic heterocycles. The quantitative estimate of drug-likeness (QED) is 0.688.